The van der Waals surface area contributed by atoms with Crippen LogP contribution in [-0.4, -0.2) is 12.6 Å². The van der Waals surface area contributed by atoms with Gasteiger partial charge < -0.3 is 10.1 Å². The van der Waals surface area contributed by atoms with Gasteiger partial charge in [-0.25, -0.2) is 0 Å². The van der Waals surface area contributed by atoms with E-state index in [1.807, 2.05) is 6.07 Å². The first kappa shape index (κ1) is 16.5. The second kappa shape index (κ2) is 7.97. The highest BCUT2D eigenvalue weighted by molar-refractivity contribution is 9.10. The molecule has 0 fully saturated rings. The van der Waals surface area contributed by atoms with Crippen LogP contribution in [0.5, 0.6) is 5.75 Å². The molecule has 1 N–H and O–H groups in total. The van der Waals surface area contributed by atoms with E-state index in [0.717, 1.165) is 23.2 Å². The number of hydrogen-bond donors (Lipinski definition) is 1. The van der Waals surface area contributed by atoms with Crippen molar-refractivity contribution in [2.45, 2.75) is 39.3 Å². The Morgan fingerprint density at radius 1 is 1.29 bits per heavy atom. The van der Waals surface area contributed by atoms with Gasteiger partial charge in [0.05, 0.1) is 12.1 Å². The van der Waals surface area contributed by atoms with Gasteiger partial charge in [0.2, 0.25) is 0 Å². The maximum absolute atomic E-state index is 5.99. The molecule has 0 aliphatic rings. The summed E-state index contributed by atoms with van der Waals surface area (Å²) in [4.78, 5) is 1.30. The smallest absolute Gasteiger partial charge is 0.124 e. The largest absolute Gasteiger partial charge is 0.491 e. The summed E-state index contributed by atoms with van der Waals surface area (Å²) in [5.74, 6) is 0.964. The molecular formula is C17H22BrNOS. The Morgan fingerprint density at radius 3 is 2.67 bits per heavy atom. The van der Waals surface area contributed by atoms with Gasteiger partial charge >= 0.3 is 0 Å². The summed E-state index contributed by atoms with van der Waals surface area (Å²) < 4.78 is 7.12. The lowest BCUT2D eigenvalue weighted by molar-refractivity contribution is 0.238. The highest BCUT2D eigenvalue weighted by atomic mass is 79.9. The molecule has 1 aromatic heterocycles. The van der Waals surface area contributed by atoms with E-state index in [4.69, 9.17) is 4.74 Å². The maximum Gasteiger partial charge on any atom is 0.124 e. The average Bonchev–Trinajstić information content (AvgIpc) is 2.87. The quantitative estimate of drug-likeness (QED) is 0.708. The molecule has 0 spiro atoms. The molecule has 2 nitrogen and oxygen atoms in total. The average molecular weight is 368 g/mol. The molecule has 1 heterocycles. The minimum Gasteiger partial charge on any atom is -0.491 e. The molecule has 0 amide bonds. The number of para-hydroxylation sites is 1. The number of rotatable bonds is 7. The van der Waals surface area contributed by atoms with Gasteiger partial charge in [-0.2, -0.15) is 0 Å². The third kappa shape index (κ3) is 4.56. The molecule has 114 valence electrons. The normalized spacial score (nSPS) is 12.6. The zero-order chi connectivity index (χ0) is 15.2. The van der Waals surface area contributed by atoms with Crippen LogP contribution in [0, 0.1) is 0 Å². The van der Waals surface area contributed by atoms with Crippen molar-refractivity contribution < 1.29 is 4.74 Å². The third-order valence-electron chi connectivity index (χ3n) is 3.06. The van der Waals surface area contributed by atoms with Gasteiger partial charge in [0.15, 0.2) is 0 Å². The minimum atomic E-state index is 0.174. The first-order valence-corrected chi connectivity index (χ1v) is 9.02. The second-order valence-electron chi connectivity index (χ2n) is 5.26. The Morgan fingerprint density at radius 2 is 2.05 bits per heavy atom. The van der Waals surface area contributed by atoms with E-state index in [1.165, 1.54) is 10.4 Å². The number of halogens is 1. The van der Waals surface area contributed by atoms with E-state index in [0.29, 0.717) is 0 Å². The topological polar surface area (TPSA) is 21.3 Å². The van der Waals surface area contributed by atoms with Crippen molar-refractivity contribution in [3.63, 3.8) is 0 Å². The molecule has 21 heavy (non-hydrogen) atoms. The van der Waals surface area contributed by atoms with Crippen molar-refractivity contribution in [1.29, 1.82) is 0 Å². The Kier molecular flexibility index (Phi) is 6.27. The fourth-order valence-electron chi connectivity index (χ4n) is 2.21. The van der Waals surface area contributed by atoms with Gasteiger partial charge in [-0.3, -0.25) is 0 Å². The second-order valence-corrected chi connectivity index (χ2v) is 7.12. The summed E-state index contributed by atoms with van der Waals surface area (Å²) in [5, 5.41) is 5.77. The van der Waals surface area contributed by atoms with Crippen LogP contribution in [0.25, 0.3) is 0 Å². The summed E-state index contributed by atoms with van der Waals surface area (Å²) in [6.45, 7) is 7.29. The van der Waals surface area contributed by atoms with Gasteiger partial charge in [-0.05, 0) is 54.9 Å². The van der Waals surface area contributed by atoms with Crippen molar-refractivity contribution in [3.05, 3.63) is 50.6 Å². The van der Waals surface area contributed by atoms with Crippen LogP contribution in [0.1, 0.15) is 43.7 Å². The van der Waals surface area contributed by atoms with Crippen LogP contribution in [0.4, 0.5) is 0 Å². The van der Waals surface area contributed by atoms with Crippen LogP contribution in [0.3, 0.4) is 0 Å². The van der Waals surface area contributed by atoms with Crippen molar-refractivity contribution in [3.8, 4) is 5.75 Å². The Balaban J connectivity index is 2.36. The van der Waals surface area contributed by atoms with Crippen LogP contribution in [-0.2, 0) is 0 Å². The fraction of sp³-hybridized carbons (Fsp3) is 0.412. The van der Waals surface area contributed by atoms with E-state index in [-0.39, 0.29) is 12.1 Å². The lowest BCUT2D eigenvalue weighted by Gasteiger charge is -2.22. The molecule has 1 unspecified atom stereocenters. The van der Waals surface area contributed by atoms with E-state index < -0.39 is 0 Å². The molecule has 0 radical (unpaired) electrons. The van der Waals surface area contributed by atoms with E-state index in [1.54, 1.807) is 11.3 Å². The first-order chi connectivity index (χ1) is 10.1. The fourth-order valence-corrected chi connectivity index (χ4v) is 3.75. The molecule has 0 aliphatic carbocycles. The van der Waals surface area contributed by atoms with Crippen LogP contribution >= 0.6 is 27.3 Å². The first-order valence-electron chi connectivity index (χ1n) is 7.34. The molecule has 4 heteroatoms. The predicted molar refractivity (Wildman–Crippen MR) is 94.4 cm³/mol. The van der Waals surface area contributed by atoms with Crippen LogP contribution in [0.2, 0.25) is 0 Å². The zero-order valence-electron chi connectivity index (χ0n) is 12.7. The third-order valence-corrected chi connectivity index (χ3v) is 4.82. The number of hydrogen-bond acceptors (Lipinski definition) is 3. The van der Waals surface area contributed by atoms with E-state index >= 15 is 0 Å². The predicted octanol–water partition coefficient (Wildman–Crippen LogP) is 5.39. The summed E-state index contributed by atoms with van der Waals surface area (Å²) >= 11 is 5.32. The Hall–Kier alpha value is -0.840. The van der Waals surface area contributed by atoms with E-state index in [2.05, 4.69) is 71.7 Å². The van der Waals surface area contributed by atoms with Crippen molar-refractivity contribution in [1.82, 2.24) is 5.32 Å². The Labute approximate surface area is 139 Å². The number of benzene rings is 1. The van der Waals surface area contributed by atoms with Crippen molar-refractivity contribution in [2.24, 2.45) is 0 Å². The van der Waals surface area contributed by atoms with Crippen molar-refractivity contribution in [2.75, 3.05) is 6.54 Å². The molecule has 2 rings (SSSR count). The summed E-state index contributed by atoms with van der Waals surface area (Å²) in [6.07, 6.45) is 1.28. The molecule has 0 aliphatic heterocycles. The Bertz CT molecular complexity index is 567. The lowest BCUT2D eigenvalue weighted by atomic mass is 10.0. The van der Waals surface area contributed by atoms with E-state index in [9.17, 15) is 0 Å². The van der Waals surface area contributed by atoms with Crippen LogP contribution < -0.4 is 10.1 Å². The summed E-state index contributed by atoms with van der Waals surface area (Å²) in [6, 6.07) is 10.7. The molecule has 2 aromatic rings. The van der Waals surface area contributed by atoms with Gasteiger partial charge in [0, 0.05) is 20.3 Å². The summed E-state index contributed by atoms with van der Waals surface area (Å²) in [7, 11) is 0. The van der Waals surface area contributed by atoms with Crippen molar-refractivity contribution >= 4 is 27.3 Å². The lowest BCUT2D eigenvalue weighted by Crippen LogP contribution is -2.23. The number of ether oxygens (including phenoxy) is 1. The molecular weight excluding hydrogens is 346 g/mol. The monoisotopic (exact) mass is 367 g/mol. The van der Waals surface area contributed by atoms with Crippen LogP contribution in [0.15, 0.2) is 40.2 Å². The SMILES string of the molecule is CCCNC(c1cc(Br)cs1)c1ccccc1OC(C)C. The molecule has 0 saturated carbocycles. The molecule has 1 atom stereocenters. The standard InChI is InChI=1S/C17H22BrNOS/c1-4-9-19-17(16-10-13(18)11-21-16)14-7-5-6-8-15(14)20-12(2)3/h5-8,10-12,17,19H,4,9H2,1-3H3. The van der Waals surface area contributed by atoms with Gasteiger partial charge in [-0.1, -0.05) is 25.1 Å². The highest BCUT2D eigenvalue weighted by Crippen LogP contribution is 2.35. The minimum absolute atomic E-state index is 0.174. The zero-order valence-corrected chi connectivity index (χ0v) is 15.1. The maximum atomic E-state index is 5.99. The summed E-state index contributed by atoms with van der Waals surface area (Å²) in [5.41, 5.74) is 1.20. The van der Waals surface area contributed by atoms with Gasteiger partial charge in [0.1, 0.15) is 5.75 Å². The van der Waals surface area contributed by atoms with Gasteiger partial charge in [-0.15, -0.1) is 11.3 Å². The molecule has 0 saturated heterocycles. The highest BCUT2D eigenvalue weighted by Gasteiger charge is 2.19. The number of thiophene rings is 1. The molecule has 0 bridgehead atoms. The molecule has 1 aromatic carbocycles. The number of nitrogens with one attached hydrogen (secondary N) is 1. The van der Waals surface area contributed by atoms with Gasteiger partial charge in [0.25, 0.3) is 0 Å².